The first-order valence-electron chi connectivity index (χ1n) is 25.4. The second-order valence-electron chi connectivity index (χ2n) is 18.5. The molecule has 0 aromatic carbocycles. The molecule has 0 unspecified atom stereocenters. The SMILES string of the molecule is CCC[C@H](NC(=O)[C@@H](NC(=O)[C@H](NC(=O)[C@H](CC(N)=O)NC(=O)CNC(=O)CN(C)C(C)=O)[C@@H](C)CC)[C@@H](C)O)C(=O)N[C@@H](CCCCNC(C)=O)C(=O)N[C@@H](CCCN=C(N)N)C(=O)N1CCC[C@H]1C(=O)NCC. The standard InChI is InChI=1S/C47H83N15O13/c1-9-16-30(40(69)56-31(17-12-13-20-52-28(6)64)41(70)58-32(18-14-21-53-47(49)50)46(75)62-22-15-19-34(62)43(72)51-11-3)57-45(74)39(27(5)63)60-44(73)38(26(4)10-2)59-42(71)33(23-35(48)66)55-36(67)24-54-37(68)25-61(8)29(7)65/h26-27,30-34,38-39,63H,9-25H2,1-8H3,(H2,48,66)(H,51,72)(H,52,64)(H,54,68)(H,55,67)(H,56,69)(H,57,74)(H,58,70)(H,59,71)(H,60,73)(H4,49,50,53)/t26-,27+,30-,31-,32-,33-,34-,38+,39-/m0/s1. The van der Waals surface area contributed by atoms with Crippen molar-refractivity contribution in [2.75, 3.05) is 46.3 Å². The quantitative estimate of drug-likeness (QED) is 0.0163. The van der Waals surface area contributed by atoms with Crippen molar-refractivity contribution < 1.29 is 62.6 Å². The Morgan fingerprint density at radius 1 is 0.680 bits per heavy atom. The molecule has 16 N–H and O–H groups in total. The van der Waals surface area contributed by atoms with Crippen molar-refractivity contribution >= 4 is 76.8 Å². The molecule has 1 saturated heterocycles. The van der Waals surface area contributed by atoms with Gasteiger partial charge in [-0.3, -0.25) is 62.5 Å². The Labute approximate surface area is 438 Å². The summed E-state index contributed by atoms with van der Waals surface area (Å²) in [6, 6.07) is -9.38. The number of aliphatic hydroxyl groups is 1. The fourth-order valence-electron chi connectivity index (χ4n) is 7.75. The maximum Gasteiger partial charge on any atom is 0.245 e. The van der Waals surface area contributed by atoms with Crippen LogP contribution in [0, 0.1) is 5.92 Å². The van der Waals surface area contributed by atoms with E-state index < -0.39 is 126 Å². The first kappa shape index (κ1) is 65.9. The summed E-state index contributed by atoms with van der Waals surface area (Å²) < 4.78 is 0. The van der Waals surface area contributed by atoms with E-state index in [1.165, 1.54) is 32.7 Å². The lowest BCUT2D eigenvalue weighted by molar-refractivity contribution is -0.142. The molecule has 0 saturated carbocycles. The van der Waals surface area contributed by atoms with Crippen LogP contribution in [0.25, 0.3) is 0 Å². The third-order valence-corrected chi connectivity index (χ3v) is 12.2. The molecular weight excluding hydrogens is 983 g/mol. The minimum Gasteiger partial charge on any atom is -0.391 e. The van der Waals surface area contributed by atoms with Crippen LogP contribution in [-0.4, -0.2) is 186 Å². The number of likely N-dealkylation sites (tertiary alicyclic amines) is 1. The molecule has 1 fully saturated rings. The Morgan fingerprint density at radius 3 is 1.81 bits per heavy atom. The highest BCUT2D eigenvalue weighted by molar-refractivity contribution is 5.99. The van der Waals surface area contributed by atoms with E-state index in [1.54, 1.807) is 27.7 Å². The van der Waals surface area contributed by atoms with Gasteiger partial charge < -0.3 is 80.0 Å². The van der Waals surface area contributed by atoms with Gasteiger partial charge in [-0.1, -0.05) is 33.6 Å². The molecule has 28 nitrogen and oxygen atoms in total. The van der Waals surface area contributed by atoms with Gasteiger partial charge in [-0.05, 0) is 71.1 Å². The van der Waals surface area contributed by atoms with E-state index in [9.17, 15) is 62.6 Å². The average molecular weight is 1070 g/mol. The summed E-state index contributed by atoms with van der Waals surface area (Å²) in [6.07, 6.45) is 0.269. The number of nitrogens with two attached hydrogens (primary N) is 3. The first-order valence-corrected chi connectivity index (χ1v) is 25.4. The Hall–Kier alpha value is -7.13. The second kappa shape index (κ2) is 34.4. The van der Waals surface area contributed by atoms with Crippen LogP contribution in [0.1, 0.15) is 119 Å². The predicted molar refractivity (Wildman–Crippen MR) is 274 cm³/mol. The molecule has 1 aliphatic rings. The molecule has 0 aliphatic carbocycles. The number of aliphatic imine (C=N–C) groups is 1. The molecule has 12 amide bonds. The Morgan fingerprint density at radius 2 is 1.25 bits per heavy atom. The van der Waals surface area contributed by atoms with E-state index in [2.05, 4.69) is 52.8 Å². The molecular formula is C47H83N15O13. The molecule has 0 spiro atoms. The van der Waals surface area contributed by atoms with E-state index in [-0.39, 0.29) is 76.1 Å². The minimum atomic E-state index is -1.73. The van der Waals surface area contributed by atoms with E-state index in [4.69, 9.17) is 17.2 Å². The fraction of sp³-hybridized carbons (Fsp3) is 0.723. The van der Waals surface area contributed by atoms with Gasteiger partial charge in [0.2, 0.25) is 70.9 Å². The summed E-state index contributed by atoms with van der Waals surface area (Å²) in [6.45, 7) is 10.5. The molecule has 0 aromatic heterocycles. The zero-order valence-electron chi connectivity index (χ0n) is 44.6. The molecule has 9 atom stereocenters. The molecule has 0 bridgehead atoms. The van der Waals surface area contributed by atoms with Crippen LogP contribution >= 0.6 is 0 Å². The van der Waals surface area contributed by atoms with Crippen LogP contribution in [0.2, 0.25) is 0 Å². The molecule has 0 radical (unpaired) electrons. The maximum atomic E-state index is 14.3. The third-order valence-electron chi connectivity index (χ3n) is 12.2. The number of hydrogen-bond donors (Lipinski definition) is 13. The van der Waals surface area contributed by atoms with Crippen molar-refractivity contribution in [1.29, 1.82) is 0 Å². The summed E-state index contributed by atoms with van der Waals surface area (Å²) in [4.78, 5) is 163. The van der Waals surface area contributed by atoms with Crippen molar-refractivity contribution in [1.82, 2.24) is 57.7 Å². The van der Waals surface area contributed by atoms with Crippen molar-refractivity contribution in [3.05, 3.63) is 0 Å². The van der Waals surface area contributed by atoms with Gasteiger partial charge in [-0.2, -0.15) is 0 Å². The molecule has 0 aromatic rings. The Balaban J connectivity index is 3.42. The lowest BCUT2D eigenvalue weighted by Gasteiger charge is -2.31. The molecule has 75 heavy (non-hydrogen) atoms. The number of nitrogens with one attached hydrogen (secondary N) is 9. The van der Waals surface area contributed by atoms with Gasteiger partial charge in [-0.15, -0.1) is 0 Å². The van der Waals surface area contributed by atoms with E-state index in [1.807, 2.05) is 0 Å². The highest BCUT2D eigenvalue weighted by atomic mass is 16.3. The lowest BCUT2D eigenvalue weighted by Crippen LogP contribution is -2.62. The molecule has 424 valence electrons. The zero-order valence-corrected chi connectivity index (χ0v) is 44.6. The summed E-state index contributed by atoms with van der Waals surface area (Å²) >= 11 is 0. The highest BCUT2D eigenvalue weighted by Crippen LogP contribution is 2.20. The second-order valence-corrected chi connectivity index (χ2v) is 18.5. The monoisotopic (exact) mass is 1070 g/mol. The largest absolute Gasteiger partial charge is 0.391 e. The van der Waals surface area contributed by atoms with Crippen LogP contribution in [-0.2, 0) is 57.5 Å². The Bertz CT molecular complexity index is 2020. The first-order chi connectivity index (χ1) is 35.3. The number of unbranched alkanes of at least 4 members (excludes halogenated alkanes) is 1. The number of carbonyl (C=O) groups is 12. The average Bonchev–Trinajstić information content (AvgIpc) is 3.83. The third kappa shape index (κ3) is 24.6. The van der Waals surface area contributed by atoms with Gasteiger partial charge in [-0.25, -0.2) is 0 Å². The summed E-state index contributed by atoms with van der Waals surface area (Å²) in [7, 11) is 1.37. The number of guanidine groups is 1. The van der Waals surface area contributed by atoms with Gasteiger partial charge in [0.15, 0.2) is 5.96 Å². The summed E-state index contributed by atoms with van der Waals surface area (Å²) in [5.74, 6) is -9.58. The van der Waals surface area contributed by atoms with Crippen molar-refractivity contribution in [2.24, 2.45) is 28.1 Å². The van der Waals surface area contributed by atoms with E-state index in [0.717, 1.165) is 4.90 Å². The van der Waals surface area contributed by atoms with Gasteiger partial charge in [0, 0.05) is 47.1 Å². The van der Waals surface area contributed by atoms with Crippen molar-refractivity contribution in [3.8, 4) is 0 Å². The van der Waals surface area contributed by atoms with Crippen LogP contribution in [0.5, 0.6) is 0 Å². The van der Waals surface area contributed by atoms with E-state index >= 15 is 0 Å². The molecule has 1 aliphatic heterocycles. The smallest absolute Gasteiger partial charge is 0.245 e. The van der Waals surface area contributed by atoms with Gasteiger partial charge in [0.05, 0.1) is 25.6 Å². The topological polar surface area (TPSA) is 430 Å². The molecule has 28 heteroatoms. The van der Waals surface area contributed by atoms with Gasteiger partial charge >= 0.3 is 0 Å². The predicted octanol–water partition coefficient (Wildman–Crippen LogP) is -4.92. The number of nitrogens with zero attached hydrogens (tertiary/aromatic N) is 3. The normalized spacial score (nSPS) is 16.1. The number of primary amides is 1. The van der Waals surface area contributed by atoms with Crippen LogP contribution in [0.4, 0.5) is 0 Å². The van der Waals surface area contributed by atoms with Gasteiger partial charge in [0.25, 0.3) is 0 Å². The number of amides is 12. The number of carbonyl (C=O) groups excluding carboxylic acids is 12. The van der Waals surface area contributed by atoms with Crippen LogP contribution in [0.15, 0.2) is 4.99 Å². The summed E-state index contributed by atoms with van der Waals surface area (Å²) in [5.41, 5.74) is 16.4. The summed E-state index contributed by atoms with van der Waals surface area (Å²) in [5, 5.41) is 33.7. The number of rotatable bonds is 34. The van der Waals surface area contributed by atoms with Crippen molar-refractivity contribution in [2.45, 2.75) is 167 Å². The van der Waals surface area contributed by atoms with Crippen LogP contribution in [0.3, 0.4) is 0 Å². The van der Waals surface area contributed by atoms with Gasteiger partial charge in [0.1, 0.15) is 42.3 Å². The highest BCUT2D eigenvalue weighted by Gasteiger charge is 2.39. The number of aliphatic hydroxyl groups excluding tert-OH is 1. The van der Waals surface area contributed by atoms with Crippen LogP contribution < -0.4 is 65.1 Å². The Kier molecular flexibility index (Phi) is 30.2. The maximum absolute atomic E-state index is 14.3. The lowest BCUT2D eigenvalue weighted by atomic mass is 9.96. The number of likely N-dealkylation sites (N-methyl/N-ethyl adjacent to an activating group) is 2. The van der Waals surface area contributed by atoms with Crippen molar-refractivity contribution in [3.63, 3.8) is 0 Å². The van der Waals surface area contributed by atoms with E-state index in [0.29, 0.717) is 38.6 Å². The minimum absolute atomic E-state index is 0.00859. The fourth-order valence-corrected chi connectivity index (χ4v) is 7.75. The molecule has 1 heterocycles. The molecule has 1 rings (SSSR count). The zero-order chi connectivity index (χ0) is 56.9. The number of hydrogen-bond acceptors (Lipinski definition) is 14.